The number of benzene rings is 2. The topological polar surface area (TPSA) is 47.9 Å². The van der Waals surface area contributed by atoms with Crippen molar-refractivity contribution in [3.05, 3.63) is 108 Å². The Labute approximate surface area is 203 Å². The third-order valence-electron chi connectivity index (χ3n) is 6.78. The second kappa shape index (κ2) is 10.2. The van der Waals surface area contributed by atoms with E-state index in [-0.39, 0.29) is 5.41 Å². The molecule has 0 saturated heterocycles. The Morgan fingerprint density at radius 3 is 1.97 bits per heavy atom. The van der Waals surface area contributed by atoms with Crippen LogP contribution in [-0.4, -0.2) is 15.2 Å². The summed E-state index contributed by atoms with van der Waals surface area (Å²) in [6, 6.07) is 27.2. The molecule has 0 aliphatic rings. The number of hydrogen-bond acceptors (Lipinski definition) is 4. The maximum absolute atomic E-state index is 5.94. The number of nitrogens with zero attached hydrogens (tertiary/aromatic N) is 3. The molecular formula is C30H33N3O. The predicted octanol–water partition coefficient (Wildman–Crippen LogP) is 7.20. The van der Waals surface area contributed by atoms with E-state index >= 15 is 0 Å². The van der Waals surface area contributed by atoms with E-state index in [4.69, 9.17) is 4.74 Å². The van der Waals surface area contributed by atoms with Gasteiger partial charge in [-0.1, -0.05) is 77.1 Å². The van der Waals surface area contributed by atoms with Gasteiger partial charge in [-0.3, -0.25) is 4.98 Å². The van der Waals surface area contributed by atoms with Crippen molar-refractivity contribution in [1.82, 2.24) is 15.2 Å². The van der Waals surface area contributed by atoms with Gasteiger partial charge < -0.3 is 4.74 Å². The third-order valence-corrected chi connectivity index (χ3v) is 6.78. The minimum atomic E-state index is -0.134. The van der Waals surface area contributed by atoms with Gasteiger partial charge in [0, 0.05) is 17.2 Å². The Bertz CT molecular complexity index is 1180. The smallest absolute Gasteiger partial charge is 0.130 e. The fourth-order valence-electron chi connectivity index (χ4n) is 4.16. The molecule has 0 bridgehead atoms. The largest absolute Gasteiger partial charge is 0.487 e. The predicted molar refractivity (Wildman–Crippen MR) is 138 cm³/mol. The molecular weight excluding hydrogens is 418 g/mol. The molecule has 1 atom stereocenters. The molecule has 0 amide bonds. The minimum absolute atomic E-state index is 0.134. The van der Waals surface area contributed by atoms with Crippen molar-refractivity contribution in [2.24, 2.45) is 5.92 Å². The summed E-state index contributed by atoms with van der Waals surface area (Å²) in [6.07, 6.45) is 1.79. The Morgan fingerprint density at radius 1 is 0.765 bits per heavy atom. The maximum Gasteiger partial charge on any atom is 0.130 e. The number of ether oxygens (including phenoxy) is 1. The van der Waals surface area contributed by atoms with E-state index in [1.165, 1.54) is 11.1 Å². The van der Waals surface area contributed by atoms with E-state index in [0.29, 0.717) is 18.4 Å². The summed E-state index contributed by atoms with van der Waals surface area (Å²) in [4.78, 5) is 4.32. The lowest BCUT2D eigenvalue weighted by atomic mass is 9.68. The number of hydrogen-bond donors (Lipinski definition) is 0. The summed E-state index contributed by atoms with van der Waals surface area (Å²) < 4.78 is 5.94. The molecule has 0 fully saturated rings. The Morgan fingerprint density at radius 2 is 1.44 bits per heavy atom. The monoisotopic (exact) mass is 451 g/mol. The third kappa shape index (κ3) is 5.01. The van der Waals surface area contributed by atoms with Crippen molar-refractivity contribution < 1.29 is 4.74 Å². The molecule has 4 aromatic rings. The lowest BCUT2D eigenvalue weighted by Crippen LogP contribution is -2.30. The standard InChI is InChI=1S/C30H33N3O/c1-21(2)28-17-18-29(33-32-28)23-9-11-24(12-10-23)30(5,22(3)4)25-13-15-27(16-14-25)34-20-26-8-6-7-19-31-26/h6-19,21-22H,20H2,1-5H3. The van der Waals surface area contributed by atoms with Crippen LogP contribution in [-0.2, 0) is 12.0 Å². The van der Waals surface area contributed by atoms with Crippen molar-refractivity contribution in [1.29, 1.82) is 0 Å². The molecule has 0 N–H and O–H groups in total. The molecule has 0 aliphatic carbocycles. The van der Waals surface area contributed by atoms with Crippen molar-refractivity contribution in [2.75, 3.05) is 0 Å². The first-order valence-corrected chi connectivity index (χ1v) is 12.0. The summed E-state index contributed by atoms with van der Waals surface area (Å²) in [6.45, 7) is 11.6. The molecule has 0 saturated carbocycles. The van der Waals surface area contributed by atoms with E-state index in [1.54, 1.807) is 6.20 Å². The van der Waals surface area contributed by atoms with Crippen LogP contribution in [0.3, 0.4) is 0 Å². The van der Waals surface area contributed by atoms with E-state index in [1.807, 2.05) is 18.2 Å². The van der Waals surface area contributed by atoms with Gasteiger partial charge in [-0.25, -0.2) is 0 Å². The van der Waals surface area contributed by atoms with Crippen LogP contribution in [0.4, 0.5) is 0 Å². The SMILES string of the molecule is CC(C)c1ccc(-c2ccc(C(C)(c3ccc(OCc4ccccn4)cc3)C(C)C)cc2)nn1. The lowest BCUT2D eigenvalue weighted by Gasteiger charge is -2.35. The van der Waals surface area contributed by atoms with Crippen LogP contribution in [0.5, 0.6) is 5.75 Å². The van der Waals surface area contributed by atoms with Gasteiger partial charge in [-0.2, -0.15) is 10.2 Å². The summed E-state index contributed by atoms with van der Waals surface area (Å²) in [5, 5.41) is 8.81. The highest BCUT2D eigenvalue weighted by Crippen LogP contribution is 2.40. The molecule has 174 valence electrons. The molecule has 4 rings (SSSR count). The molecule has 1 unspecified atom stereocenters. The fraction of sp³-hybridized carbons (Fsp3) is 0.300. The van der Waals surface area contributed by atoms with Crippen molar-refractivity contribution in [3.8, 4) is 17.0 Å². The quantitative estimate of drug-likeness (QED) is 0.284. The normalized spacial score (nSPS) is 13.1. The molecule has 0 radical (unpaired) electrons. The molecule has 2 heterocycles. The van der Waals surface area contributed by atoms with E-state index in [9.17, 15) is 0 Å². The van der Waals surface area contributed by atoms with Crippen LogP contribution in [0.15, 0.2) is 85.1 Å². The second-order valence-electron chi connectivity index (χ2n) is 9.57. The van der Waals surface area contributed by atoms with Gasteiger partial charge in [-0.05, 0) is 59.4 Å². The number of pyridine rings is 1. The Balaban J connectivity index is 1.54. The molecule has 4 heteroatoms. The van der Waals surface area contributed by atoms with Gasteiger partial charge in [0.05, 0.1) is 17.1 Å². The average Bonchev–Trinajstić information content (AvgIpc) is 2.88. The van der Waals surface area contributed by atoms with Crippen LogP contribution in [0.25, 0.3) is 11.3 Å². The highest BCUT2D eigenvalue weighted by molar-refractivity contribution is 5.60. The van der Waals surface area contributed by atoms with Crippen LogP contribution >= 0.6 is 0 Å². The van der Waals surface area contributed by atoms with Crippen LogP contribution in [0.1, 0.15) is 63.1 Å². The molecule has 4 nitrogen and oxygen atoms in total. The highest BCUT2D eigenvalue weighted by Gasteiger charge is 2.32. The Hall–Kier alpha value is -3.53. The van der Waals surface area contributed by atoms with Crippen molar-refractivity contribution >= 4 is 0 Å². The van der Waals surface area contributed by atoms with E-state index in [2.05, 4.69) is 110 Å². The molecule has 2 aromatic heterocycles. The van der Waals surface area contributed by atoms with Crippen molar-refractivity contribution in [2.45, 2.75) is 52.6 Å². The first-order valence-electron chi connectivity index (χ1n) is 12.0. The molecule has 34 heavy (non-hydrogen) atoms. The first kappa shape index (κ1) is 23.6. The summed E-state index contributed by atoms with van der Waals surface area (Å²) in [5.41, 5.74) is 6.32. The van der Waals surface area contributed by atoms with Gasteiger partial charge in [0.1, 0.15) is 12.4 Å². The lowest BCUT2D eigenvalue weighted by molar-refractivity contribution is 0.301. The van der Waals surface area contributed by atoms with Gasteiger partial charge in [-0.15, -0.1) is 0 Å². The number of rotatable bonds is 8. The maximum atomic E-state index is 5.94. The zero-order chi connectivity index (χ0) is 24.1. The van der Waals surface area contributed by atoms with Crippen molar-refractivity contribution in [3.63, 3.8) is 0 Å². The van der Waals surface area contributed by atoms with Gasteiger partial charge >= 0.3 is 0 Å². The van der Waals surface area contributed by atoms with Gasteiger partial charge in [0.15, 0.2) is 0 Å². The van der Waals surface area contributed by atoms with Crippen LogP contribution < -0.4 is 4.74 Å². The highest BCUT2D eigenvalue weighted by atomic mass is 16.5. The van der Waals surface area contributed by atoms with Crippen LogP contribution in [0, 0.1) is 5.92 Å². The van der Waals surface area contributed by atoms with E-state index < -0.39 is 0 Å². The van der Waals surface area contributed by atoms with Crippen LogP contribution in [0.2, 0.25) is 0 Å². The molecule has 0 spiro atoms. The van der Waals surface area contributed by atoms with E-state index in [0.717, 1.165) is 28.4 Å². The summed E-state index contributed by atoms with van der Waals surface area (Å²) >= 11 is 0. The van der Waals surface area contributed by atoms with Gasteiger partial charge in [0.2, 0.25) is 0 Å². The zero-order valence-corrected chi connectivity index (χ0v) is 20.7. The summed E-state index contributed by atoms with van der Waals surface area (Å²) in [5.74, 6) is 1.63. The minimum Gasteiger partial charge on any atom is -0.487 e. The average molecular weight is 452 g/mol. The fourth-order valence-corrected chi connectivity index (χ4v) is 4.16. The number of aromatic nitrogens is 3. The van der Waals surface area contributed by atoms with Gasteiger partial charge in [0.25, 0.3) is 0 Å². The first-order chi connectivity index (χ1) is 16.4. The second-order valence-corrected chi connectivity index (χ2v) is 9.57. The molecule has 2 aromatic carbocycles. The molecule has 0 aliphatic heterocycles. The summed E-state index contributed by atoms with van der Waals surface area (Å²) in [7, 11) is 0. The zero-order valence-electron chi connectivity index (χ0n) is 20.7. The Kier molecular flexibility index (Phi) is 7.06.